The van der Waals surface area contributed by atoms with Gasteiger partial charge < -0.3 is 5.11 Å². The number of aliphatic hydroxyl groups is 1. The molecule has 1 N–H and O–H groups in total. The zero-order chi connectivity index (χ0) is 21.9. The molecule has 1 aliphatic carbocycles. The maximum atomic E-state index is 11.1. The molecule has 0 saturated heterocycles. The van der Waals surface area contributed by atoms with Gasteiger partial charge in [-0.3, -0.25) is 0 Å². The normalized spacial score (nSPS) is 16.0. The third-order valence-electron chi connectivity index (χ3n) is 6.60. The van der Waals surface area contributed by atoms with Gasteiger partial charge >= 0.3 is 0 Å². The van der Waals surface area contributed by atoms with Crippen LogP contribution in [0.3, 0.4) is 0 Å². The van der Waals surface area contributed by atoms with E-state index in [9.17, 15) is 5.11 Å². The van der Waals surface area contributed by atoms with Crippen LogP contribution in [0.15, 0.2) is 91.0 Å². The second kappa shape index (κ2) is 8.67. The summed E-state index contributed by atoms with van der Waals surface area (Å²) in [6.45, 7) is 0. The molecule has 1 aliphatic rings. The molecule has 1 heterocycles. The number of tetrazole rings is 1. The highest BCUT2D eigenvalue weighted by atomic mass is 16.3. The van der Waals surface area contributed by atoms with Gasteiger partial charge in [-0.25, -0.2) is 0 Å². The largest absolute Gasteiger partial charge is 0.389 e. The monoisotopic (exact) mass is 424 g/mol. The molecule has 0 amide bonds. The van der Waals surface area contributed by atoms with Gasteiger partial charge in [0.25, 0.3) is 0 Å². The van der Waals surface area contributed by atoms with E-state index in [4.69, 9.17) is 5.10 Å². The lowest BCUT2D eigenvalue weighted by molar-refractivity contribution is 0.00268. The van der Waals surface area contributed by atoms with Gasteiger partial charge in [-0.05, 0) is 34.7 Å². The van der Waals surface area contributed by atoms with Crippen LogP contribution in [0.25, 0.3) is 0 Å². The van der Waals surface area contributed by atoms with Gasteiger partial charge in [0.15, 0.2) is 11.4 Å². The SMILES string of the molecule is OC1(Cc2nnn(C(c3ccccc3)(c3ccccc3)c3ccccc3)n2)CCCCC1. The molecule has 0 radical (unpaired) electrons. The summed E-state index contributed by atoms with van der Waals surface area (Å²) < 4.78 is 0. The third-order valence-corrected chi connectivity index (χ3v) is 6.60. The fourth-order valence-electron chi connectivity index (χ4n) is 5.02. The Hall–Kier alpha value is -3.31. The van der Waals surface area contributed by atoms with Crippen LogP contribution in [0.1, 0.15) is 54.6 Å². The van der Waals surface area contributed by atoms with E-state index >= 15 is 0 Å². The summed E-state index contributed by atoms with van der Waals surface area (Å²) in [6.07, 6.45) is 5.30. The Bertz CT molecular complexity index is 1040. The highest BCUT2D eigenvalue weighted by molar-refractivity contribution is 5.49. The lowest BCUT2D eigenvalue weighted by Crippen LogP contribution is -2.40. The first kappa shape index (κ1) is 20.6. The molecular weight excluding hydrogens is 396 g/mol. The van der Waals surface area contributed by atoms with E-state index in [1.54, 1.807) is 4.80 Å². The van der Waals surface area contributed by atoms with E-state index in [0.717, 1.165) is 42.4 Å². The van der Waals surface area contributed by atoms with E-state index in [1.807, 2.05) is 54.6 Å². The molecule has 1 saturated carbocycles. The van der Waals surface area contributed by atoms with Crippen LogP contribution in [-0.2, 0) is 12.0 Å². The Morgan fingerprint density at radius 1 is 0.719 bits per heavy atom. The van der Waals surface area contributed by atoms with E-state index in [-0.39, 0.29) is 0 Å². The van der Waals surface area contributed by atoms with Crippen LogP contribution >= 0.6 is 0 Å². The van der Waals surface area contributed by atoms with Gasteiger partial charge in [0.2, 0.25) is 0 Å². The fourth-order valence-corrected chi connectivity index (χ4v) is 5.02. The molecule has 0 bridgehead atoms. The van der Waals surface area contributed by atoms with Crippen LogP contribution in [0.5, 0.6) is 0 Å². The minimum absolute atomic E-state index is 0.432. The lowest BCUT2D eigenvalue weighted by Gasteiger charge is -2.34. The van der Waals surface area contributed by atoms with E-state index in [1.165, 1.54) is 6.42 Å². The maximum absolute atomic E-state index is 11.1. The number of hydrogen-bond donors (Lipinski definition) is 1. The molecule has 5 rings (SSSR count). The van der Waals surface area contributed by atoms with Gasteiger partial charge in [0.1, 0.15) is 0 Å². The molecule has 5 nitrogen and oxygen atoms in total. The Morgan fingerprint density at radius 3 is 1.66 bits per heavy atom. The van der Waals surface area contributed by atoms with Crippen LogP contribution in [0.2, 0.25) is 0 Å². The van der Waals surface area contributed by atoms with Crippen molar-refractivity contribution in [2.75, 3.05) is 0 Å². The second-order valence-electron chi connectivity index (χ2n) is 8.77. The van der Waals surface area contributed by atoms with Crippen LogP contribution in [-0.4, -0.2) is 30.9 Å². The fraction of sp³-hybridized carbons (Fsp3) is 0.296. The Balaban J connectivity index is 1.68. The smallest absolute Gasteiger partial charge is 0.177 e. The average molecular weight is 425 g/mol. The molecule has 5 heteroatoms. The summed E-state index contributed by atoms with van der Waals surface area (Å²) in [5.41, 5.74) is 1.65. The highest BCUT2D eigenvalue weighted by Gasteiger charge is 2.41. The van der Waals surface area contributed by atoms with Crippen molar-refractivity contribution in [1.29, 1.82) is 0 Å². The molecular formula is C27H28N4O. The molecule has 0 spiro atoms. The summed E-state index contributed by atoms with van der Waals surface area (Å²) in [5, 5.41) is 25.0. The van der Waals surface area contributed by atoms with Crippen molar-refractivity contribution in [2.45, 2.75) is 49.7 Å². The molecule has 3 aromatic carbocycles. The zero-order valence-corrected chi connectivity index (χ0v) is 18.1. The standard InChI is InChI=1S/C27H28N4O/c32-26(19-11-4-12-20-26)21-25-28-30-31(29-25)27(22-13-5-1-6-14-22,23-15-7-2-8-16-23)24-17-9-3-10-18-24/h1-3,5-10,13-18,32H,4,11-12,19-21H2. The van der Waals surface area contributed by atoms with Crippen molar-refractivity contribution in [2.24, 2.45) is 0 Å². The van der Waals surface area contributed by atoms with Gasteiger partial charge in [0.05, 0.1) is 5.60 Å². The van der Waals surface area contributed by atoms with Crippen LogP contribution in [0.4, 0.5) is 0 Å². The van der Waals surface area contributed by atoms with Gasteiger partial charge in [0, 0.05) is 6.42 Å². The summed E-state index contributed by atoms with van der Waals surface area (Å²) in [6, 6.07) is 30.9. The van der Waals surface area contributed by atoms with Crippen molar-refractivity contribution in [3.05, 3.63) is 114 Å². The molecule has 4 aromatic rings. The van der Waals surface area contributed by atoms with Crippen molar-refractivity contribution in [1.82, 2.24) is 20.2 Å². The molecule has 32 heavy (non-hydrogen) atoms. The summed E-state index contributed by atoms with van der Waals surface area (Å²) in [4.78, 5) is 1.73. The first-order valence-electron chi connectivity index (χ1n) is 11.4. The van der Waals surface area contributed by atoms with E-state index < -0.39 is 11.1 Å². The van der Waals surface area contributed by atoms with E-state index in [2.05, 4.69) is 46.7 Å². The molecule has 1 aromatic heterocycles. The van der Waals surface area contributed by atoms with Crippen LogP contribution < -0.4 is 0 Å². The minimum atomic E-state index is -0.774. The molecule has 1 fully saturated rings. The van der Waals surface area contributed by atoms with Crippen molar-refractivity contribution in [3.8, 4) is 0 Å². The van der Waals surface area contributed by atoms with Crippen molar-refractivity contribution >= 4 is 0 Å². The maximum Gasteiger partial charge on any atom is 0.177 e. The lowest BCUT2D eigenvalue weighted by atomic mass is 9.77. The third kappa shape index (κ3) is 3.73. The van der Waals surface area contributed by atoms with Gasteiger partial charge in [-0.1, -0.05) is 110 Å². The predicted molar refractivity (Wildman–Crippen MR) is 124 cm³/mol. The molecule has 0 unspecified atom stereocenters. The number of benzene rings is 3. The first-order chi connectivity index (χ1) is 15.7. The topological polar surface area (TPSA) is 63.8 Å². The van der Waals surface area contributed by atoms with E-state index in [0.29, 0.717) is 12.2 Å². The average Bonchev–Trinajstić information content (AvgIpc) is 3.30. The van der Waals surface area contributed by atoms with Gasteiger partial charge in [-0.2, -0.15) is 0 Å². The number of hydrogen-bond acceptors (Lipinski definition) is 4. The zero-order valence-electron chi connectivity index (χ0n) is 18.1. The van der Waals surface area contributed by atoms with Crippen LogP contribution in [0, 0.1) is 0 Å². The Kier molecular flexibility index (Phi) is 5.58. The minimum Gasteiger partial charge on any atom is -0.389 e. The van der Waals surface area contributed by atoms with Crippen molar-refractivity contribution in [3.63, 3.8) is 0 Å². The first-order valence-corrected chi connectivity index (χ1v) is 11.4. The molecule has 0 aliphatic heterocycles. The predicted octanol–water partition coefficient (Wildman–Crippen LogP) is 4.75. The second-order valence-corrected chi connectivity index (χ2v) is 8.77. The Labute approximate surface area is 188 Å². The summed E-state index contributed by atoms with van der Waals surface area (Å²) in [5.74, 6) is 0.585. The molecule has 162 valence electrons. The number of rotatable bonds is 6. The number of nitrogens with zero attached hydrogens (tertiary/aromatic N) is 4. The quantitative estimate of drug-likeness (QED) is 0.454. The summed E-state index contributed by atoms with van der Waals surface area (Å²) in [7, 11) is 0. The summed E-state index contributed by atoms with van der Waals surface area (Å²) >= 11 is 0. The van der Waals surface area contributed by atoms with Crippen molar-refractivity contribution < 1.29 is 5.11 Å². The highest BCUT2D eigenvalue weighted by Crippen LogP contribution is 2.39. The van der Waals surface area contributed by atoms with Gasteiger partial charge in [-0.15, -0.1) is 15.0 Å². The number of aromatic nitrogens is 4. The Morgan fingerprint density at radius 2 is 1.19 bits per heavy atom. The molecule has 0 atom stereocenters.